The lowest BCUT2D eigenvalue weighted by molar-refractivity contribution is -0.273. The Labute approximate surface area is 260 Å². The van der Waals surface area contributed by atoms with Crippen molar-refractivity contribution in [1.29, 1.82) is 0 Å². The number of aromatic nitrogens is 3. The van der Waals surface area contributed by atoms with Gasteiger partial charge >= 0.3 is 5.97 Å². The van der Waals surface area contributed by atoms with E-state index in [4.69, 9.17) is 14.2 Å². The monoisotopic (exact) mass is 607 g/mol. The van der Waals surface area contributed by atoms with E-state index in [2.05, 4.69) is 42.0 Å². The second-order valence-corrected chi connectivity index (χ2v) is 14.7. The topological polar surface area (TPSA) is 115 Å². The van der Waals surface area contributed by atoms with E-state index in [1.54, 1.807) is 23.6 Å². The van der Waals surface area contributed by atoms with E-state index < -0.39 is 46.0 Å². The van der Waals surface area contributed by atoms with E-state index in [-0.39, 0.29) is 11.7 Å². The highest BCUT2D eigenvalue weighted by atomic mass is 16.8. The number of carbonyl (C=O) groups excluding carboxylic acids is 2. The van der Waals surface area contributed by atoms with Crippen molar-refractivity contribution in [2.75, 3.05) is 0 Å². The lowest BCUT2D eigenvalue weighted by Gasteiger charge is -2.67. The highest BCUT2D eigenvalue weighted by Crippen LogP contribution is 2.72. The van der Waals surface area contributed by atoms with Crippen molar-refractivity contribution in [1.82, 2.24) is 14.4 Å². The molecule has 45 heavy (non-hydrogen) atoms. The number of benzene rings is 1. The molecule has 7 atom stereocenters. The number of rotatable bonds is 2. The zero-order valence-corrected chi connectivity index (χ0v) is 26.1. The number of hydrogen-bond acceptors (Lipinski definition) is 7. The van der Waals surface area contributed by atoms with Gasteiger partial charge in [-0.3, -0.25) is 9.20 Å². The van der Waals surface area contributed by atoms with Crippen molar-refractivity contribution < 1.29 is 28.9 Å². The molecule has 5 heterocycles. The number of nitrogens with one attached hydrogen (secondary N) is 1. The largest absolute Gasteiger partial charge is 0.454 e. The van der Waals surface area contributed by atoms with E-state index in [1.165, 1.54) is 10.9 Å². The summed E-state index contributed by atoms with van der Waals surface area (Å²) >= 11 is 0. The molecule has 1 saturated heterocycles. The summed E-state index contributed by atoms with van der Waals surface area (Å²) in [6.07, 6.45) is 3.78. The highest BCUT2D eigenvalue weighted by Gasteiger charge is 2.78. The number of ketones is 1. The number of aromatic amines is 1. The van der Waals surface area contributed by atoms with Crippen molar-refractivity contribution in [2.45, 2.75) is 94.9 Å². The molecule has 5 aliphatic rings. The van der Waals surface area contributed by atoms with Gasteiger partial charge in [-0.15, -0.1) is 0 Å². The third-order valence-electron chi connectivity index (χ3n) is 12.4. The minimum atomic E-state index is -1.78. The quantitative estimate of drug-likeness (QED) is 0.304. The van der Waals surface area contributed by atoms with Crippen LogP contribution in [0.15, 0.2) is 60.3 Å². The predicted octanol–water partition coefficient (Wildman–Crippen LogP) is 5.11. The first-order valence-corrected chi connectivity index (χ1v) is 16.0. The standard InChI is InChI=1S/C36H37N3O6/c1-19-28(39-15-9-8-12-27(39)37-19)31(41)43-26-17-20-16-22-21-10-6-7-11-23(21)38-29(22)34(20,5)33(4)13-14-35-25(36(26,33)42)18-24(40)30(44-35)32(2,3)45-35/h6-12,15,18,20,26,30,38,42H,13-14,16-17H2,1-5H3/t20-,26+,30?,33?,34-,35+,36+/m1/s1. The molecule has 1 spiro atoms. The third-order valence-corrected chi connectivity index (χ3v) is 12.4. The Balaban J connectivity index is 1.24. The second-order valence-electron chi connectivity index (χ2n) is 14.7. The lowest BCUT2D eigenvalue weighted by Crippen LogP contribution is -2.75. The zero-order chi connectivity index (χ0) is 31.3. The molecule has 2 unspecified atom stereocenters. The maximum Gasteiger partial charge on any atom is 0.357 e. The summed E-state index contributed by atoms with van der Waals surface area (Å²) < 4.78 is 21.3. The number of ether oxygens (including phenoxy) is 3. The van der Waals surface area contributed by atoms with Gasteiger partial charge in [-0.2, -0.15) is 0 Å². The average Bonchev–Trinajstić information content (AvgIpc) is 3.69. The van der Waals surface area contributed by atoms with E-state index in [1.807, 2.05) is 38.1 Å². The van der Waals surface area contributed by atoms with Gasteiger partial charge in [-0.25, -0.2) is 9.78 Å². The summed E-state index contributed by atoms with van der Waals surface area (Å²) in [6, 6.07) is 13.9. The fraction of sp³-hybridized carbons (Fsp3) is 0.472. The van der Waals surface area contributed by atoms with Crippen LogP contribution in [0.2, 0.25) is 0 Å². The second kappa shape index (κ2) is 8.32. The van der Waals surface area contributed by atoms with Crippen molar-refractivity contribution in [2.24, 2.45) is 11.3 Å². The van der Waals surface area contributed by atoms with Crippen LogP contribution in [-0.4, -0.2) is 60.4 Å². The molecule has 9 heteroatoms. The fourth-order valence-corrected chi connectivity index (χ4v) is 10.1. The molecule has 0 amide bonds. The molecule has 1 aromatic carbocycles. The predicted molar refractivity (Wildman–Crippen MR) is 165 cm³/mol. The van der Waals surface area contributed by atoms with Gasteiger partial charge in [0.15, 0.2) is 23.4 Å². The van der Waals surface area contributed by atoms with Crippen LogP contribution in [0.5, 0.6) is 0 Å². The average molecular weight is 608 g/mol. The number of carbonyl (C=O) groups is 2. The SMILES string of the molecule is Cc1nc2ccccn2c1C(=O)O[C@H]1C[C@H]2Cc3c([nH]c4ccccc34)[C@]2(C)C2(C)CC[C@@]34OC(C(=O)C=C3[C@]12O)C(C)(C)O4. The van der Waals surface area contributed by atoms with Gasteiger partial charge in [-0.1, -0.05) is 38.1 Å². The summed E-state index contributed by atoms with van der Waals surface area (Å²) in [5.74, 6) is -2.02. The Kier molecular flexibility index (Phi) is 5.09. The first kappa shape index (κ1) is 27.5. The first-order valence-electron chi connectivity index (χ1n) is 16.0. The van der Waals surface area contributed by atoms with E-state index in [0.29, 0.717) is 41.9 Å². The van der Waals surface area contributed by atoms with Crippen LogP contribution in [0.3, 0.4) is 0 Å². The van der Waals surface area contributed by atoms with Gasteiger partial charge < -0.3 is 24.3 Å². The Bertz CT molecular complexity index is 2020. The van der Waals surface area contributed by atoms with Crippen LogP contribution in [0, 0.1) is 18.3 Å². The lowest BCUT2D eigenvalue weighted by atomic mass is 9.41. The summed E-state index contributed by atoms with van der Waals surface area (Å²) in [5, 5.41) is 14.7. The number of aryl methyl sites for hydroxylation is 1. The van der Waals surface area contributed by atoms with E-state index >= 15 is 0 Å². The first-order chi connectivity index (χ1) is 21.3. The number of H-pyrrole nitrogens is 1. The van der Waals surface area contributed by atoms with Gasteiger partial charge in [0.25, 0.3) is 0 Å². The molecule has 9 nitrogen and oxygen atoms in total. The number of pyridine rings is 1. The van der Waals surface area contributed by atoms with Crippen LogP contribution in [0.1, 0.15) is 74.4 Å². The van der Waals surface area contributed by atoms with Gasteiger partial charge in [0.2, 0.25) is 0 Å². The Morgan fingerprint density at radius 3 is 2.71 bits per heavy atom. The Morgan fingerprint density at radius 1 is 1.11 bits per heavy atom. The minimum absolute atomic E-state index is 0.0678. The van der Waals surface area contributed by atoms with E-state index in [9.17, 15) is 14.7 Å². The molecule has 9 rings (SSSR count). The Morgan fingerprint density at radius 2 is 1.89 bits per heavy atom. The van der Waals surface area contributed by atoms with Crippen LogP contribution in [0.4, 0.5) is 0 Å². The van der Waals surface area contributed by atoms with Crippen LogP contribution < -0.4 is 0 Å². The van der Waals surface area contributed by atoms with Crippen molar-refractivity contribution in [3.05, 3.63) is 83.0 Å². The summed E-state index contributed by atoms with van der Waals surface area (Å²) in [6.45, 7) is 9.84. The third kappa shape index (κ3) is 3.07. The number of para-hydroxylation sites is 1. The maximum absolute atomic E-state index is 14.2. The number of imidazole rings is 1. The number of hydrogen-bond donors (Lipinski definition) is 2. The van der Waals surface area contributed by atoms with E-state index in [0.717, 1.165) is 17.6 Å². The van der Waals surface area contributed by atoms with Crippen LogP contribution in [-0.2, 0) is 30.8 Å². The molecule has 232 valence electrons. The molecule has 3 aromatic heterocycles. The molecular formula is C36H37N3O6. The summed E-state index contributed by atoms with van der Waals surface area (Å²) in [4.78, 5) is 36.1. The summed E-state index contributed by atoms with van der Waals surface area (Å²) in [5.41, 5.74) is 1.25. The number of fused-ring (bicyclic) bond motifs is 10. The van der Waals surface area contributed by atoms with Gasteiger partial charge in [0.1, 0.15) is 23.0 Å². The normalized spacial score (nSPS) is 37.6. The molecule has 0 radical (unpaired) electrons. The fourth-order valence-electron chi connectivity index (χ4n) is 10.1. The minimum Gasteiger partial charge on any atom is -0.454 e. The number of aliphatic hydroxyl groups is 1. The summed E-state index contributed by atoms with van der Waals surface area (Å²) in [7, 11) is 0. The molecule has 2 N–H and O–H groups in total. The van der Waals surface area contributed by atoms with Gasteiger partial charge in [0.05, 0.1) is 5.69 Å². The number of nitrogens with zero attached hydrogens (tertiary/aromatic N) is 2. The molecular weight excluding hydrogens is 570 g/mol. The maximum atomic E-state index is 14.2. The Hall–Kier alpha value is -3.79. The molecule has 3 fully saturated rings. The molecule has 3 aliphatic carbocycles. The van der Waals surface area contributed by atoms with Crippen molar-refractivity contribution in [3.8, 4) is 0 Å². The smallest absolute Gasteiger partial charge is 0.357 e. The molecule has 4 aromatic rings. The molecule has 2 saturated carbocycles. The van der Waals surface area contributed by atoms with Crippen LogP contribution in [0.25, 0.3) is 16.6 Å². The molecule has 2 aliphatic heterocycles. The van der Waals surface area contributed by atoms with Crippen molar-refractivity contribution >= 4 is 28.3 Å². The number of esters is 1. The molecule has 2 bridgehead atoms. The highest BCUT2D eigenvalue weighted by molar-refractivity contribution is 5.97. The van der Waals surface area contributed by atoms with Gasteiger partial charge in [0, 0.05) is 45.6 Å². The van der Waals surface area contributed by atoms with Crippen LogP contribution >= 0.6 is 0 Å². The zero-order valence-electron chi connectivity index (χ0n) is 26.1. The van der Waals surface area contributed by atoms with Gasteiger partial charge in [-0.05, 0) is 75.8 Å². The van der Waals surface area contributed by atoms with Crippen molar-refractivity contribution in [3.63, 3.8) is 0 Å².